The van der Waals surface area contributed by atoms with E-state index in [1.165, 1.54) is 6.08 Å². The van der Waals surface area contributed by atoms with E-state index in [-0.39, 0.29) is 22.4 Å². The van der Waals surface area contributed by atoms with Crippen LogP contribution in [-0.4, -0.2) is 40.9 Å². The maximum absolute atomic E-state index is 13.5. The van der Waals surface area contributed by atoms with E-state index in [0.29, 0.717) is 25.0 Å². The Morgan fingerprint density at radius 1 is 1.05 bits per heavy atom. The quantitative estimate of drug-likeness (QED) is 0.175. The highest BCUT2D eigenvalue weighted by Crippen LogP contribution is 2.78. The third kappa shape index (κ3) is 3.61. The first kappa shape index (κ1) is 28.3. The van der Waals surface area contributed by atoms with Crippen LogP contribution >= 0.6 is 11.6 Å². The molecule has 0 unspecified atom stereocenters. The van der Waals surface area contributed by atoms with Crippen LogP contribution in [0.15, 0.2) is 64.6 Å². The number of hydrogen-bond acceptors (Lipinski definition) is 9. The molecule has 4 heterocycles. The summed E-state index contributed by atoms with van der Waals surface area (Å²) in [5.41, 5.74) is -2.46. The van der Waals surface area contributed by atoms with Crippen LogP contribution in [0.3, 0.4) is 0 Å². The Hall–Kier alpha value is -3.43. The number of fused-ring (bicyclic) bond motifs is 3. The first-order valence-electron chi connectivity index (χ1n) is 14.7. The summed E-state index contributed by atoms with van der Waals surface area (Å²) in [5.74, 6) is -1.92. The highest BCUT2D eigenvalue weighted by molar-refractivity contribution is 6.33. The van der Waals surface area contributed by atoms with Gasteiger partial charge in [0.15, 0.2) is 6.10 Å². The van der Waals surface area contributed by atoms with Crippen molar-refractivity contribution in [2.24, 2.45) is 33.2 Å². The molecule has 1 spiro atoms. The zero-order valence-corrected chi connectivity index (χ0v) is 25.5. The van der Waals surface area contributed by atoms with Crippen molar-refractivity contribution in [2.45, 2.75) is 77.3 Å². The van der Waals surface area contributed by atoms with Crippen molar-refractivity contribution in [2.75, 3.05) is 0 Å². The molecule has 0 radical (unpaired) electrons. The van der Waals surface area contributed by atoms with E-state index in [0.717, 1.165) is 5.56 Å². The maximum atomic E-state index is 13.5. The van der Waals surface area contributed by atoms with Crippen molar-refractivity contribution in [3.8, 4) is 0 Å². The van der Waals surface area contributed by atoms with Crippen molar-refractivity contribution in [3.63, 3.8) is 0 Å². The number of oxime groups is 1. The van der Waals surface area contributed by atoms with Crippen molar-refractivity contribution < 1.29 is 37.8 Å². The Balaban J connectivity index is 1.41. The molecule has 226 valence electrons. The molecule has 9 nitrogen and oxygen atoms in total. The summed E-state index contributed by atoms with van der Waals surface area (Å²) in [7, 11) is 0. The lowest BCUT2D eigenvalue weighted by Crippen LogP contribution is -2.71. The monoisotopic (exact) mass is 607 g/mol. The predicted octanol–water partition coefficient (Wildman–Crippen LogP) is 6.22. The third-order valence-electron chi connectivity index (χ3n) is 11.4. The second-order valence-electron chi connectivity index (χ2n) is 13.7. The molecule has 2 saturated heterocycles. The first-order chi connectivity index (χ1) is 20.3. The summed E-state index contributed by atoms with van der Waals surface area (Å²) in [6.07, 6.45) is 6.93. The molecule has 2 aliphatic carbocycles. The molecule has 0 bridgehead atoms. The smallest absolute Gasteiger partial charge is 0.367 e. The highest BCUT2D eigenvalue weighted by Gasteiger charge is 2.87. The van der Waals surface area contributed by atoms with Crippen LogP contribution in [0.1, 0.15) is 75.9 Å². The van der Waals surface area contributed by atoms with Crippen LogP contribution in [-0.2, 0) is 28.6 Å². The van der Waals surface area contributed by atoms with E-state index in [2.05, 4.69) is 25.9 Å². The van der Waals surface area contributed by atoms with Gasteiger partial charge in [0.25, 0.3) is 0 Å². The van der Waals surface area contributed by atoms with Gasteiger partial charge in [-0.2, -0.15) is 0 Å². The van der Waals surface area contributed by atoms with Gasteiger partial charge in [0.2, 0.25) is 0 Å². The summed E-state index contributed by atoms with van der Waals surface area (Å²) >= 11 is 6.29. The number of cyclic esters (lactones) is 2. The molecule has 1 aromatic heterocycles. The second-order valence-corrected chi connectivity index (χ2v) is 14.1. The topological polar surface area (TPSA) is 117 Å². The Bertz CT molecular complexity index is 1600. The number of carbonyl (C=O) groups excluding carboxylic acids is 3. The summed E-state index contributed by atoms with van der Waals surface area (Å²) in [6, 6.07) is 8.43. The number of hydrogen-bond donors (Lipinski definition) is 0. The van der Waals surface area contributed by atoms with Crippen molar-refractivity contribution >= 4 is 35.2 Å². The molecule has 3 aliphatic heterocycles. The van der Waals surface area contributed by atoms with Crippen LogP contribution in [0, 0.1) is 28.1 Å². The standard InChI is InChI=1S/C33H34ClNO8/c1-29(2)22-16-23(35-43-27(37)19-8-6-7-9-20(19)34)32(5)21(30(22,3)13-11-24(36)41-29)10-14-31(4)25(18-12-15-39-17-18)40-28(38)26-33(31,32)42-26/h6-9,11-13,15,17,21-22,25-26H,10,14,16H2,1-5H3/b35-23+/t21-,22+,25+,26-,30-,31+,32+,33-/m1/s1. The predicted molar refractivity (Wildman–Crippen MR) is 154 cm³/mol. The Morgan fingerprint density at radius 3 is 2.53 bits per heavy atom. The normalized spacial score (nSPS) is 41.5. The highest BCUT2D eigenvalue weighted by atomic mass is 35.5. The average Bonchev–Trinajstić information content (AvgIpc) is 3.55. The molecule has 8 atom stereocenters. The second kappa shape index (κ2) is 9.05. The number of carbonyl (C=O) groups is 3. The molecule has 4 fully saturated rings. The molecular weight excluding hydrogens is 574 g/mol. The Labute approximate surface area is 254 Å². The SMILES string of the molecule is CC1(C)OC(=O)C=C[C@]2(C)[C@H]3CC[C@@]4(C)[C@H](c5ccoc5)OC(=O)[C@H]5O[C@]54[C@]3(C)/C(=N/OC(=O)c3ccccc3Cl)C[C@@H]12. The summed E-state index contributed by atoms with van der Waals surface area (Å²) in [5, 5.41) is 4.85. The van der Waals surface area contributed by atoms with Crippen LogP contribution in [0.4, 0.5) is 0 Å². The van der Waals surface area contributed by atoms with Gasteiger partial charge >= 0.3 is 17.9 Å². The molecule has 43 heavy (non-hydrogen) atoms. The third-order valence-corrected chi connectivity index (χ3v) is 11.7. The molecule has 7 rings (SSSR count). The Morgan fingerprint density at radius 2 is 1.81 bits per heavy atom. The van der Waals surface area contributed by atoms with Gasteiger partial charge in [0.1, 0.15) is 17.3 Å². The number of ether oxygens (including phenoxy) is 3. The number of rotatable bonds is 3. The van der Waals surface area contributed by atoms with Gasteiger partial charge in [0.05, 0.1) is 28.8 Å². The number of halogens is 1. The number of epoxide rings is 1. The van der Waals surface area contributed by atoms with Gasteiger partial charge in [0, 0.05) is 28.4 Å². The van der Waals surface area contributed by atoms with Gasteiger partial charge < -0.3 is 23.5 Å². The van der Waals surface area contributed by atoms with Crippen molar-refractivity contribution in [1.29, 1.82) is 0 Å². The number of esters is 2. The van der Waals surface area contributed by atoms with Crippen molar-refractivity contribution in [3.05, 3.63) is 71.2 Å². The lowest BCUT2D eigenvalue weighted by Gasteiger charge is -2.65. The van der Waals surface area contributed by atoms with Gasteiger partial charge in [-0.1, -0.05) is 55.7 Å². The van der Waals surface area contributed by atoms with E-state index in [1.807, 2.05) is 26.0 Å². The van der Waals surface area contributed by atoms with Crippen LogP contribution in [0.2, 0.25) is 5.02 Å². The van der Waals surface area contributed by atoms with Crippen LogP contribution in [0.5, 0.6) is 0 Å². The first-order valence-corrected chi connectivity index (χ1v) is 15.0. The fourth-order valence-corrected chi connectivity index (χ4v) is 9.63. The molecule has 2 aromatic rings. The number of benzene rings is 1. The molecule has 2 saturated carbocycles. The van der Waals surface area contributed by atoms with Crippen LogP contribution < -0.4 is 0 Å². The number of nitrogens with zero attached hydrogens (tertiary/aromatic N) is 1. The van der Waals surface area contributed by atoms with E-state index in [9.17, 15) is 14.4 Å². The molecule has 0 N–H and O–H groups in total. The van der Waals surface area contributed by atoms with Gasteiger partial charge in [-0.15, -0.1) is 0 Å². The fraction of sp³-hybridized carbons (Fsp3) is 0.515. The Kier molecular flexibility index (Phi) is 5.96. The van der Waals surface area contributed by atoms with Gasteiger partial charge in [-0.25, -0.2) is 14.4 Å². The number of allylic oxidation sites excluding steroid dienone is 1. The van der Waals surface area contributed by atoms with E-state index in [1.54, 1.807) is 36.8 Å². The number of furan rings is 1. The molecule has 1 aromatic carbocycles. The molecule has 10 heteroatoms. The lowest BCUT2D eigenvalue weighted by molar-refractivity contribution is -0.196. The average molecular weight is 608 g/mol. The fourth-order valence-electron chi connectivity index (χ4n) is 9.42. The molecule has 0 amide bonds. The minimum atomic E-state index is -1.01. The van der Waals surface area contributed by atoms with E-state index in [4.69, 9.17) is 35.1 Å². The summed E-state index contributed by atoms with van der Waals surface area (Å²) < 4.78 is 23.9. The minimum Gasteiger partial charge on any atom is -0.472 e. The summed E-state index contributed by atoms with van der Waals surface area (Å²) in [4.78, 5) is 45.2. The van der Waals surface area contributed by atoms with Crippen molar-refractivity contribution in [1.82, 2.24) is 0 Å². The zero-order valence-electron chi connectivity index (χ0n) is 24.7. The zero-order chi connectivity index (χ0) is 30.6. The van der Waals surface area contributed by atoms with Crippen LogP contribution in [0.25, 0.3) is 0 Å². The van der Waals surface area contributed by atoms with Gasteiger partial charge in [-0.05, 0) is 62.6 Å². The van der Waals surface area contributed by atoms with Gasteiger partial charge in [-0.3, -0.25) is 0 Å². The summed E-state index contributed by atoms with van der Waals surface area (Å²) in [6.45, 7) is 10.1. The largest absolute Gasteiger partial charge is 0.472 e. The lowest BCUT2D eigenvalue weighted by atomic mass is 9.37. The molecule has 5 aliphatic rings. The maximum Gasteiger partial charge on any atom is 0.367 e. The van der Waals surface area contributed by atoms with E-state index >= 15 is 0 Å². The molecular formula is C33H34ClNO8. The van der Waals surface area contributed by atoms with E-state index < -0.39 is 57.6 Å². The minimum absolute atomic E-state index is 0.157.